The van der Waals surface area contributed by atoms with Crippen LogP contribution in [0.15, 0.2) is 0 Å². The summed E-state index contributed by atoms with van der Waals surface area (Å²) in [5, 5.41) is 0. The van der Waals surface area contributed by atoms with E-state index in [4.69, 9.17) is 10.5 Å². The van der Waals surface area contributed by atoms with Crippen molar-refractivity contribution >= 4 is 0 Å². The lowest BCUT2D eigenvalue weighted by atomic mass is 9.92. The van der Waals surface area contributed by atoms with Crippen molar-refractivity contribution in [2.45, 2.75) is 51.6 Å². The Morgan fingerprint density at radius 1 is 1.50 bits per heavy atom. The van der Waals surface area contributed by atoms with E-state index in [-0.39, 0.29) is 5.54 Å². The topological polar surface area (TPSA) is 38.5 Å². The first-order valence-electron chi connectivity index (χ1n) is 6.51. The fourth-order valence-corrected chi connectivity index (χ4v) is 3.16. The van der Waals surface area contributed by atoms with Crippen molar-refractivity contribution in [1.82, 2.24) is 4.90 Å². The number of hydrogen-bond donors (Lipinski definition) is 1. The SMILES string of the molecule is COCCN(C(C)C)C1(CN)CCC(C)C1. The fourth-order valence-electron chi connectivity index (χ4n) is 3.16. The Labute approximate surface area is 100 Å². The van der Waals surface area contributed by atoms with Crippen LogP contribution in [0, 0.1) is 5.92 Å². The van der Waals surface area contributed by atoms with Crippen molar-refractivity contribution in [1.29, 1.82) is 0 Å². The third kappa shape index (κ3) is 2.96. The van der Waals surface area contributed by atoms with E-state index in [1.165, 1.54) is 19.3 Å². The van der Waals surface area contributed by atoms with Gasteiger partial charge in [0.25, 0.3) is 0 Å². The standard InChI is InChI=1S/C13H28N2O/c1-11(2)15(7-8-16-4)13(10-14)6-5-12(3)9-13/h11-12H,5-10,14H2,1-4H3. The van der Waals surface area contributed by atoms with Crippen LogP contribution in [0.3, 0.4) is 0 Å². The summed E-state index contributed by atoms with van der Waals surface area (Å²) >= 11 is 0. The molecule has 1 saturated carbocycles. The Morgan fingerprint density at radius 2 is 2.19 bits per heavy atom. The fraction of sp³-hybridized carbons (Fsp3) is 1.00. The number of rotatable bonds is 6. The van der Waals surface area contributed by atoms with Gasteiger partial charge >= 0.3 is 0 Å². The predicted octanol–water partition coefficient (Wildman–Crippen LogP) is 1.86. The number of methoxy groups -OCH3 is 1. The van der Waals surface area contributed by atoms with Crippen LogP contribution in [0.1, 0.15) is 40.0 Å². The highest BCUT2D eigenvalue weighted by molar-refractivity contribution is 4.99. The Morgan fingerprint density at radius 3 is 2.56 bits per heavy atom. The van der Waals surface area contributed by atoms with Crippen LogP contribution in [-0.4, -0.2) is 43.3 Å². The van der Waals surface area contributed by atoms with Crippen molar-refractivity contribution in [2.24, 2.45) is 11.7 Å². The van der Waals surface area contributed by atoms with Gasteiger partial charge in [-0.1, -0.05) is 6.92 Å². The van der Waals surface area contributed by atoms with Gasteiger partial charge in [-0.2, -0.15) is 0 Å². The van der Waals surface area contributed by atoms with E-state index >= 15 is 0 Å². The molecule has 3 nitrogen and oxygen atoms in total. The molecule has 0 aromatic rings. The molecular formula is C13H28N2O. The van der Waals surface area contributed by atoms with E-state index in [0.29, 0.717) is 6.04 Å². The molecule has 1 fully saturated rings. The number of nitrogens with zero attached hydrogens (tertiary/aromatic N) is 1. The predicted molar refractivity (Wildman–Crippen MR) is 68.5 cm³/mol. The molecule has 0 aliphatic heterocycles. The largest absolute Gasteiger partial charge is 0.383 e. The molecule has 0 bridgehead atoms. The highest BCUT2D eigenvalue weighted by Gasteiger charge is 2.41. The van der Waals surface area contributed by atoms with Gasteiger partial charge in [0.15, 0.2) is 0 Å². The van der Waals surface area contributed by atoms with Gasteiger partial charge < -0.3 is 10.5 Å². The maximum Gasteiger partial charge on any atom is 0.0590 e. The van der Waals surface area contributed by atoms with Gasteiger partial charge in [0, 0.05) is 31.8 Å². The first kappa shape index (κ1) is 13.9. The molecule has 0 spiro atoms. The normalized spacial score (nSPS) is 30.6. The second-order valence-corrected chi connectivity index (χ2v) is 5.56. The zero-order valence-electron chi connectivity index (χ0n) is 11.3. The van der Waals surface area contributed by atoms with Gasteiger partial charge in [-0.15, -0.1) is 0 Å². The average Bonchev–Trinajstić information content (AvgIpc) is 2.61. The van der Waals surface area contributed by atoms with E-state index in [0.717, 1.165) is 25.6 Å². The molecule has 3 heteroatoms. The molecule has 0 radical (unpaired) electrons. The monoisotopic (exact) mass is 228 g/mol. The molecule has 0 aromatic carbocycles. The lowest BCUT2D eigenvalue weighted by Gasteiger charge is -2.43. The molecule has 16 heavy (non-hydrogen) atoms. The van der Waals surface area contributed by atoms with Crippen molar-refractivity contribution < 1.29 is 4.74 Å². The zero-order valence-corrected chi connectivity index (χ0v) is 11.3. The van der Waals surface area contributed by atoms with E-state index in [1.54, 1.807) is 7.11 Å². The number of nitrogens with two attached hydrogens (primary N) is 1. The van der Waals surface area contributed by atoms with Crippen molar-refractivity contribution in [3.8, 4) is 0 Å². The van der Waals surface area contributed by atoms with Crippen molar-refractivity contribution in [3.05, 3.63) is 0 Å². The summed E-state index contributed by atoms with van der Waals surface area (Å²) in [4.78, 5) is 2.56. The van der Waals surface area contributed by atoms with Crippen LogP contribution in [0.5, 0.6) is 0 Å². The van der Waals surface area contributed by atoms with E-state index < -0.39 is 0 Å². The van der Waals surface area contributed by atoms with E-state index in [2.05, 4.69) is 25.7 Å². The molecule has 0 aromatic heterocycles. The molecule has 96 valence electrons. The maximum atomic E-state index is 6.06. The first-order chi connectivity index (χ1) is 7.55. The van der Waals surface area contributed by atoms with Crippen LogP contribution in [-0.2, 0) is 4.74 Å². The van der Waals surface area contributed by atoms with Gasteiger partial charge in [0.05, 0.1) is 6.61 Å². The molecular weight excluding hydrogens is 200 g/mol. The van der Waals surface area contributed by atoms with Gasteiger partial charge in [-0.3, -0.25) is 4.90 Å². The van der Waals surface area contributed by atoms with Gasteiger partial charge in [0.1, 0.15) is 0 Å². The molecule has 2 N–H and O–H groups in total. The van der Waals surface area contributed by atoms with Crippen LogP contribution < -0.4 is 5.73 Å². The lowest BCUT2D eigenvalue weighted by Crippen LogP contribution is -2.56. The summed E-state index contributed by atoms with van der Waals surface area (Å²) in [6.45, 7) is 9.43. The van der Waals surface area contributed by atoms with E-state index in [1.807, 2.05) is 0 Å². The minimum Gasteiger partial charge on any atom is -0.383 e. The molecule has 0 saturated heterocycles. The Kier molecular flexibility index (Phi) is 5.22. The number of hydrogen-bond acceptors (Lipinski definition) is 3. The Balaban J connectivity index is 2.73. The minimum absolute atomic E-state index is 0.228. The maximum absolute atomic E-state index is 6.06. The third-order valence-corrected chi connectivity index (χ3v) is 3.98. The van der Waals surface area contributed by atoms with Crippen LogP contribution in [0.4, 0.5) is 0 Å². The van der Waals surface area contributed by atoms with E-state index in [9.17, 15) is 0 Å². The summed E-state index contributed by atoms with van der Waals surface area (Å²) in [6.07, 6.45) is 3.80. The average molecular weight is 228 g/mol. The van der Waals surface area contributed by atoms with Gasteiger partial charge in [-0.25, -0.2) is 0 Å². The zero-order chi connectivity index (χ0) is 12.2. The lowest BCUT2D eigenvalue weighted by molar-refractivity contribution is 0.0357. The molecule has 1 rings (SSSR count). The van der Waals surface area contributed by atoms with Gasteiger partial charge in [0.2, 0.25) is 0 Å². The minimum atomic E-state index is 0.228. The summed E-state index contributed by atoms with van der Waals surface area (Å²) in [6, 6.07) is 0.545. The summed E-state index contributed by atoms with van der Waals surface area (Å²) in [7, 11) is 1.77. The molecule has 0 heterocycles. The second-order valence-electron chi connectivity index (χ2n) is 5.56. The highest BCUT2D eigenvalue weighted by Crippen LogP contribution is 2.39. The quantitative estimate of drug-likeness (QED) is 0.754. The highest BCUT2D eigenvalue weighted by atomic mass is 16.5. The summed E-state index contributed by atoms with van der Waals surface area (Å²) in [5.41, 5.74) is 6.29. The number of ether oxygens (including phenoxy) is 1. The van der Waals surface area contributed by atoms with Crippen molar-refractivity contribution in [3.63, 3.8) is 0 Å². The second kappa shape index (κ2) is 5.99. The summed E-state index contributed by atoms with van der Waals surface area (Å²) < 4.78 is 5.22. The molecule has 2 unspecified atom stereocenters. The van der Waals surface area contributed by atoms with Crippen LogP contribution >= 0.6 is 0 Å². The summed E-state index contributed by atoms with van der Waals surface area (Å²) in [5.74, 6) is 0.812. The smallest absolute Gasteiger partial charge is 0.0590 e. The Hall–Kier alpha value is -0.120. The molecule has 0 amide bonds. The van der Waals surface area contributed by atoms with Gasteiger partial charge in [-0.05, 0) is 39.0 Å². The molecule has 1 aliphatic carbocycles. The Bertz CT molecular complexity index is 208. The van der Waals surface area contributed by atoms with Crippen molar-refractivity contribution in [2.75, 3.05) is 26.8 Å². The molecule has 1 aliphatic rings. The third-order valence-electron chi connectivity index (χ3n) is 3.98. The molecule has 2 atom stereocenters. The van der Waals surface area contributed by atoms with Crippen LogP contribution in [0.25, 0.3) is 0 Å². The van der Waals surface area contributed by atoms with Crippen LogP contribution in [0.2, 0.25) is 0 Å². The first-order valence-corrected chi connectivity index (χ1v) is 6.51.